The molecule has 1 nitrogen and oxygen atoms in total. The number of benzene rings is 4. The molecule has 0 spiro atoms. The highest BCUT2D eigenvalue weighted by Gasteiger charge is 2.45. The Morgan fingerprint density at radius 1 is 0.517 bits per heavy atom. The van der Waals surface area contributed by atoms with E-state index in [2.05, 4.69) is 36.4 Å². The van der Waals surface area contributed by atoms with Gasteiger partial charge in [-0.1, -0.05) is 127 Å². The fraction of sp³-hybridized carbons (Fsp3) is 0. The van der Waals surface area contributed by atoms with Crippen molar-refractivity contribution in [2.45, 2.75) is 0 Å². The summed E-state index contributed by atoms with van der Waals surface area (Å²) in [6.07, 6.45) is 3.70. The molecule has 0 aliphatic rings. The first-order chi connectivity index (χ1) is 14.3. The molecule has 140 valence electrons. The fourth-order valence-corrected chi connectivity index (χ4v) is 8.12. The molecule has 0 atom stereocenters. The maximum atomic E-state index is 14.0. The molecule has 4 aromatic rings. The van der Waals surface area contributed by atoms with E-state index in [0.29, 0.717) is 0 Å². The average molecular weight is 391 g/mol. The van der Waals surface area contributed by atoms with E-state index >= 15 is 0 Å². The van der Waals surface area contributed by atoms with E-state index in [1.165, 1.54) is 0 Å². The van der Waals surface area contributed by atoms with E-state index in [1.807, 2.05) is 91.0 Å². The second kappa shape index (κ2) is 8.68. The Kier molecular flexibility index (Phi) is 5.64. The van der Waals surface area contributed by atoms with Gasteiger partial charge >= 0.3 is 0 Å². The third-order valence-electron chi connectivity index (χ3n) is 5.22. The highest BCUT2D eigenvalue weighted by atomic mass is 28.3. The quantitative estimate of drug-likeness (QED) is 0.276. The highest BCUT2D eigenvalue weighted by molar-refractivity contribution is 7.30. The SMILES string of the molecule is O=C(C=Cc1ccccc1)[Si](c1ccccc1)(c1ccccc1)c1ccccc1. The molecule has 0 saturated heterocycles. The third kappa shape index (κ3) is 3.75. The van der Waals surface area contributed by atoms with E-state index < -0.39 is 8.07 Å². The Hall–Kier alpha value is -3.49. The van der Waals surface area contributed by atoms with Gasteiger partial charge in [0.25, 0.3) is 0 Å². The summed E-state index contributed by atoms with van der Waals surface area (Å²) in [5.41, 5.74) is 1.03. The minimum absolute atomic E-state index is 0.171. The van der Waals surface area contributed by atoms with Gasteiger partial charge < -0.3 is 0 Å². The van der Waals surface area contributed by atoms with Crippen molar-refractivity contribution < 1.29 is 4.79 Å². The predicted octanol–water partition coefficient (Wildman–Crippen LogP) is 3.98. The summed E-state index contributed by atoms with van der Waals surface area (Å²) >= 11 is 0. The maximum absolute atomic E-state index is 14.0. The van der Waals surface area contributed by atoms with Gasteiger partial charge in [0.15, 0.2) is 0 Å². The molecule has 0 unspecified atom stereocenters. The summed E-state index contributed by atoms with van der Waals surface area (Å²) in [5.74, 6) is 0. The van der Waals surface area contributed by atoms with Crippen LogP contribution < -0.4 is 15.6 Å². The molecule has 0 radical (unpaired) electrons. The standard InChI is InChI=1S/C27H22OSi/c28-27(22-21-23-13-5-1-6-14-23)29(24-15-7-2-8-16-24,25-17-9-3-10-18-25)26-19-11-4-12-20-26/h1-22H. The lowest BCUT2D eigenvalue weighted by Crippen LogP contribution is -2.72. The lowest BCUT2D eigenvalue weighted by atomic mass is 10.2. The van der Waals surface area contributed by atoms with E-state index in [1.54, 1.807) is 6.08 Å². The number of rotatable bonds is 6. The number of hydrogen-bond donors (Lipinski definition) is 0. The van der Waals surface area contributed by atoms with E-state index in [4.69, 9.17) is 0 Å². The van der Waals surface area contributed by atoms with Crippen molar-refractivity contribution in [2.24, 2.45) is 0 Å². The van der Waals surface area contributed by atoms with Crippen LogP contribution in [0.2, 0.25) is 0 Å². The van der Waals surface area contributed by atoms with E-state index in [0.717, 1.165) is 21.1 Å². The zero-order valence-corrected chi connectivity index (χ0v) is 17.1. The first kappa shape index (κ1) is 18.9. The molecular formula is C27H22OSi. The molecule has 4 aromatic carbocycles. The number of carbonyl (C=O) groups excluding carboxylic acids is 1. The molecular weight excluding hydrogens is 368 g/mol. The molecule has 0 bridgehead atoms. The van der Waals surface area contributed by atoms with E-state index in [-0.39, 0.29) is 5.41 Å². The van der Waals surface area contributed by atoms with Crippen LogP contribution in [0.3, 0.4) is 0 Å². The number of carbonyl (C=O) groups is 1. The van der Waals surface area contributed by atoms with Crippen LogP contribution in [0.25, 0.3) is 6.08 Å². The normalized spacial score (nSPS) is 11.4. The van der Waals surface area contributed by atoms with Crippen molar-refractivity contribution in [3.8, 4) is 0 Å². The van der Waals surface area contributed by atoms with Gasteiger partial charge in [-0.2, -0.15) is 0 Å². The second-order valence-electron chi connectivity index (χ2n) is 6.96. The number of hydrogen-bond acceptors (Lipinski definition) is 1. The zero-order chi connectivity index (χ0) is 19.9. The Balaban J connectivity index is 1.95. The lowest BCUT2D eigenvalue weighted by Gasteiger charge is -2.31. The topological polar surface area (TPSA) is 17.1 Å². The second-order valence-corrected chi connectivity index (χ2v) is 10.7. The monoisotopic (exact) mass is 390 g/mol. The molecule has 0 N–H and O–H groups in total. The Morgan fingerprint density at radius 2 is 0.862 bits per heavy atom. The van der Waals surface area contributed by atoms with Gasteiger partial charge in [0, 0.05) is 0 Å². The molecule has 0 saturated carbocycles. The molecule has 2 heteroatoms. The molecule has 29 heavy (non-hydrogen) atoms. The molecule has 0 fully saturated rings. The van der Waals surface area contributed by atoms with Crippen molar-refractivity contribution in [3.05, 3.63) is 133 Å². The molecule has 4 rings (SSSR count). The highest BCUT2D eigenvalue weighted by Crippen LogP contribution is 2.12. The summed E-state index contributed by atoms with van der Waals surface area (Å²) in [4.78, 5) is 14.0. The molecule has 0 heterocycles. The molecule has 0 aliphatic carbocycles. The van der Waals surface area contributed by atoms with Crippen molar-refractivity contribution >= 4 is 35.1 Å². The van der Waals surface area contributed by atoms with Crippen molar-refractivity contribution in [1.82, 2.24) is 0 Å². The zero-order valence-electron chi connectivity index (χ0n) is 16.1. The molecule has 0 aromatic heterocycles. The van der Waals surface area contributed by atoms with Gasteiger partial charge in [0.05, 0.1) is 0 Å². The third-order valence-corrected chi connectivity index (χ3v) is 9.72. The van der Waals surface area contributed by atoms with Crippen LogP contribution in [-0.4, -0.2) is 13.5 Å². The lowest BCUT2D eigenvalue weighted by molar-refractivity contribution is -0.108. The minimum Gasteiger partial charge on any atom is -0.299 e. The Morgan fingerprint density at radius 3 is 1.24 bits per heavy atom. The average Bonchev–Trinajstić information content (AvgIpc) is 2.81. The maximum Gasteiger partial charge on any atom is 0.229 e. The number of allylic oxidation sites excluding steroid dienone is 1. The Labute approximate surface area is 173 Å². The van der Waals surface area contributed by atoms with Crippen LogP contribution in [0.15, 0.2) is 127 Å². The van der Waals surface area contributed by atoms with Crippen LogP contribution in [0.1, 0.15) is 5.56 Å². The van der Waals surface area contributed by atoms with Crippen LogP contribution in [0, 0.1) is 0 Å². The van der Waals surface area contributed by atoms with Gasteiger partial charge in [0.1, 0.15) is 5.41 Å². The summed E-state index contributed by atoms with van der Waals surface area (Å²) in [7, 11) is -2.91. The fourth-order valence-electron chi connectivity index (χ4n) is 3.85. The summed E-state index contributed by atoms with van der Waals surface area (Å²) < 4.78 is 0. The minimum atomic E-state index is -2.91. The summed E-state index contributed by atoms with van der Waals surface area (Å²) in [6, 6.07) is 40.7. The summed E-state index contributed by atoms with van der Waals surface area (Å²) in [6.45, 7) is 0. The smallest absolute Gasteiger partial charge is 0.229 e. The van der Waals surface area contributed by atoms with Gasteiger partial charge in [-0.3, -0.25) is 4.79 Å². The van der Waals surface area contributed by atoms with Crippen LogP contribution in [0.5, 0.6) is 0 Å². The molecule has 0 amide bonds. The summed E-state index contributed by atoms with van der Waals surface area (Å²) in [5, 5.41) is 3.46. The van der Waals surface area contributed by atoms with Crippen molar-refractivity contribution in [1.29, 1.82) is 0 Å². The van der Waals surface area contributed by atoms with Crippen molar-refractivity contribution in [2.75, 3.05) is 0 Å². The Bertz CT molecular complexity index is 992. The van der Waals surface area contributed by atoms with Crippen LogP contribution in [-0.2, 0) is 4.79 Å². The van der Waals surface area contributed by atoms with Crippen LogP contribution in [0.4, 0.5) is 0 Å². The predicted molar refractivity (Wildman–Crippen MR) is 124 cm³/mol. The molecule has 0 aliphatic heterocycles. The van der Waals surface area contributed by atoms with Gasteiger partial charge in [-0.25, -0.2) is 0 Å². The van der Waals surface area contributed by atoms with Gasteiger partial charge in [-0.05, 0) is 27.2 Å². The van der Waals surface area contributed by atoms with E-state index in [9.17, 15) is 4.79 Å². The van der Waals surface area contributed by atoms with Crippen LogP contribution >= 0.6 is 0 Å². The largest absolute Gasteiger partial charge is 0.299 e. The van der Waals surface area contributed by atoms with Crippen molar-refractivity contribution in [3.63, 3.8) is 0 Å². The van der Waals surface area contributed by atoms with Gasteiger partial charge in [-0.15, -0.1) is 0 Å². The first-order valence-electron chi connectivity index (χ1n) is 9.76. The first-order valence-corrected chi connectivity index (χ1v) is 11.8. The van der Waals surface area contributed by atoms with Gasteiger partial charge in [0.2, 0.25) is 8.07 Å².